The third-order valence-electron chi connectivity index (χ3n) is 9.44. The third-order valence-corrected chi connectivity index (χ3v) is 10.6. The number of fused-ring (bicyclic) bond motifs is 10. The molecule has 0 bridgehead atoms. The molecule has 0 saturated heterocycles. The topological polar surface area (TPSA) is 9.86 Å². The van der Waals surface area contributed by atoms with Crippen LogP contribution in [0, 0.1) is 12.1 Å². The summed E-state index contributed by atoms with van der Waals surface area (Å²) in [6.07, 6.45) is 8.81. The molecule has 2 nitrogen and oxygen atoms in total. The summed E-state index contributed by atoms with van der Waals surface area (Å²) in [6.45, 7) is 0. The molecule has 0 radical (unpaired) electrons. The molecule has 0 aliphatic heterocycles. The van der Waals surface area contributed by atoms with Crippen molar-refractivity contribution >= 4 is 80.8 Å². The minimum atomic E-state index is 1.01. The van der Waals surface area contributed by atoms with E-state index in [9.17, 15) is 0 Å². The summed E-state index contributed by atoms with van der Waals surface area (Å²) in [5.74, 6) is 0. The van der Waals surface area contributed by atoms with Crippen LogP contribution in [-0.4, -0.2) is 9.13 Å². The SMILES string of the molecule is c1ccc(-c2ccc3sc4ccccc4c3c2)c(-n2c3ccccc3c3ccc4c5ccccc5n(C5=CC=CCC5)c4c32)c#1. The molecule has 3 aromatic heterocycles. The quantitative estimate of drug-likeness (QED) is 0.194. The third kappa shape index (κ3) is 3.52. The van der Waals surface area contributed by atoms with E-state index in [1.165, 1.54) is 75.0 Å². The predicted molar refractivity (Wildman–Crippen MR) is 192 cm³/mol. The van der Waals surface area contributed by atoms with Gasteiger partial charge < -0.3 is 4.57 Å². The first kappa shape index (κ1) is 24.8. The van der Waals surface area contributed by atoms with Crippen LogP contribution < -0.4 is 0 Å². The highest BCUT2D eigenvalue weighted by Gasteiger charge is 2.23. The Hall–Kier alpha value is -5.56. The van der Waals surface area contributed by atoms with E-state index in [1.54, 1.807) is 0 Å². The van der Waals surface area contributed by atoms with Gasteiger partial charge in [0.25, 0.3) is 0 Å². The summed E-state index contributed by atoms with van der Waals surface area (Å²) in [4.78, 5) is 0. The van der Waals surface area contributed by atoms with E-state index in [0.29, 0.717) is 0 Å². The van der Waals surface area contributed by atoms with Crippen molar-refractivity contribution in [1.82, 2.24) is 9.13 Å². The summed E-state index contributed by atoms with van der Waals surface area (Å²) >= 11 is 1.86. The van der Waals surface area contributed by atoms with Crippen LogP contribution in [-0.2, 0) is 0 Å². The first-order valence-electron chi connectivity index (χ1n) is 15.5. The van der Waals surface area contributed by atoms with Crippen molar-refractivity contribution in [3.05, 3.63) is 146 Å². The largest absolute Gasteiger partial charge is 0.311 e. The van der Waals surface area contributed by atoms with Gasteiger partial charge in [-0.05, 0) is 73.0 Å². The predicted octanol–water partition coefficient (Wildman–Crippen LogP) is 11.7. The van der Waals surface area contributed by atoms with Gasteiger partial charge >= 0.3 is 0 Å². The van der Waals surface area contributed by atoms with Gasteiger partial charge in [-0.15, -0.1) is 11.3 Å². The lowest BCUT2D eigenvalue weighted by Crippen LogP contribution is -2.02. The highest BCUT2D eigenvalue weighted by atomic mass is 32.1. The number of para-hydroxylation sites is 2. The molecule has 210 valence electrons. The Morgan fingerprint density at radius 2 is 1.29 bits per heavy atom. The molecule has 1 aliphatic carbocycles. The molecule has 10 rings (SSSR count). The second-order valence-electron chi connectivity index (χ2n) is 11.9. The standard InChI is InChI=1S/C42H26N2S/c1-2-12-28(13-3-1)43-37-19-9-5-15-30(37)33-23-24-34-31-16-6-10-20-38(31)44(42(34)41(33)43)36-18-8-4-14-29(36)27-22-25-40-35(26-27)32-17-7-11-21-39(32)45-40/h1-2,4-7,9-12,14-17,19-26H,3,13H2. The number of nitrogens with zero attached hydrogens (tertiary/aromatic N) is 2. The first-order valence-corrected chi connectivity index (χ1v) is 16.3. The zero-order chi connectivity index (χ0) is 29.5. The second-order valence-corrected chi connectivity index (χ2v) is 12.9. The molecule has 6 aromatic carbocycles. The Kier molecular flexibility index (Phi) is 5.23. The van der Waals surface area contributed by atoms with Gasteiger partial charge in [0.05, 0.1) is 22.1 Å². The molecule has 3 heteroatoms. The Morgan fingerprint density at radius 3 is 2.07 bits per heavy atom. The number of rotatable bonds is 3. The van der Waals surface area contributed by atoms with Crippen molar-refractivity contribution in [1.29, 1.82) is 0 Å². The Labute approximate surface area is 264 Å². The van der Waals surface area contributed by atoms with Crippen LogP contribution in [0.3, 0.4) is 0 Å². The van der Waals surface area contributed by atoms with E-state index in [-0.39, 0.29) is 0 Å². The van der Waals surface area contributed by atoms with Crippen LogP contribution in [0.2, 0.25) is 0 Å². The number of thiophene rings is 1. The zero-order valence-electron chi connectivity index (χ0n) is 24.4. The molecule has 9 aromatic rings. The normalized spacial score (nSPS) is 13.5. The lowest BCUT2D eigenvalue weighted by Gasteiger charge is -2.16. The molecule has 45 heavy (non-hydrogen) atoms. The smallest absolute Gasteiger partial charge is 0.105 e. The molecular formula is C42H26N2S. The van der Waals surface area contributed by atoms with Crippen molar-refractivity contribution in [2.24, 2.45) is 0 Å². The highest BCUT2D eigenvalue weighted by Crippen LogP contribution is 2.44. The zero-order valence-corrected chi connectivity index (χ0v) is 25.2. The minimum absolute atomic E-state index is 1.01. The van der Waals surface area contributed by atoms with Crippen molar-refractivity contribution in [3.8, 4) is 16.8 Å². The maximum absolute atomic E-state index is 3.60. The van der Waals surface area contributed by atoms with Crippen molar-refractivity contribution in [2.75, 3.05) is 0 Å². The monoisotopic (exact) mass is 590 g/mol. The molecular weight excluding hydrogens is 565 g/mol. The van der Waals surface area contributed by atoms with Crippen LogP contribution in [0.4, 0.5) is 0 Å². The molecule has 0 saturated carbocycles. The van der Waals surface area contributed by atoms with E-state index in [2.05, 4.69) is 149 Å². The van der Waals surface area contributed by atoms with Gasteiger partial charge in [0, 0.05) is 53.0 Å². The van der Waals surface area contributed by atoms with E-state index >= 15 is 0 Å². The summed E-state index contributed by atoms with van der Waals surface area (Å²) in [6, 6.07) is 49.0. The number of allylic oxidation sites excluding steroid dienone is 4. The van der Waals surface area contributed by atoms with E-state index in [1.807, 2.05) is 17.4 Å². The fraction of sp³-hybridized carbons (Fsp3) is 0.0476. The van der Waals surface area contributed by atoms with Crippen molar-refractivity contribution in [3.63, 3.8) is 0 Å². The van der Waals surface area contributed by atoms with Crippen LogP contribution in [0.5, 0.6) is 0 Å². The maximum atomic E-state index is 3.60. The molecule has 0 atom stereocenters. The van der Waals surface area contributed by atoms with Gasteiger partial charge in [-0.3, -0.25) is 4.57 Å². The first-order chi connectivity index (χ1) is 22.3. The van der Waals surface area contributed by atoms with Crippen molar-refractivity contribution in [2.45, 2.75) is 12.8 Å². The van der Waals surface area contributed by atoms with Gasteiger partial charge in [0.2, 0.25) is 0 Å². The maximum Gasteiger partial charge on any atom is 0.105 e. The Morgan fingerprint density at radius 1 is 0.600 bits per heavy atom. The number of hydrogen-bond donors (Lipinski definition) is 0. The van der Waals surface area contributed by atoms with Gasteiger partial charge in [0.1, 0.15) is 5.69 Å². The van der Waals surface area contributed by atoms with E-state index < -0.39 is 0 Å². The van der Waals surface area contributed by atoms with Gasteiger partial charge in [0.15, 0.2) is 0 Å². The lowest BCUT2D eigenvalue weighted by molar-refractivity contribution is 0.979. The van der Waals surface area contributed by atoms with E-state index in [0.717, 1.165) is 24.1 Å². The summed E-state index contributed by atoms with van der Waals surface area (Å²) < 4.78 is 7.60. The fourth-order valence-corrected chi connectivity index (χ4v) is 8.58. The average molecular weight is 591 g/mol. The molecule has 0 spiro atoms. The molecule has 0 fully saturated rings. The van der Waals surface area contributed by atoms with Crippen LogP contribution >= 0.6 is 11.3 Å². The summed E-state index contributed by atoms with van der Waals surface area (Å²) in [5.41, 5.74) is 9.55. The molecule has 0 unspecified atom stereocenters. The van der Waals surface area contributed by atoms with Crippen LogP contribution in [0.15, 0.2) is 133 Å². The molecule has 0 N–H and O–H groups in total. The number of hydrogen-bond acceptors (Lipinski definition) is 1. The lowest BCUT2D eigenvalue weighted by atomic mass is 10.0. The Balaban J connectivity index is 1.35. The number of aromatic nitrogens is 2. The molecule has 0 amide bonds. The molecule has 3 heterocycles. The Bertz CT molecular complexity index is 2710. The van der Waals surface area contributed by atoms with Crippen molar-refractivity contribution < 1.29 is 0 Å². The van der Waals surface area contributed by atoms with Gasteiger partial charge in [-0.2, -0.15) is 0 Å². The minimum Gasteiger partial charge on any atom is -0.311 e. The summed E-state index contributed by atoms with van der Waals surface area (Å²) in [5, 5.41) is 7.65. The van der Waals surface area contributed by atoms with Gasteiger partial charge in [-0.1, -0.05) is 91.0 Å². The second kappa shape index (κ2) is 9.47. The van der Waals surface area contributed by atoms with Gasteiger partial charge in [-0.25, -0.2) is 0 Å². The fourth-order valence-electron chi connectivity index (χ4n) is 7.49. The average Bonchev–Trinajstić information content (AvgIpc) is 3.76. The molecule has 1 aliphatic rings. The van der Waals surface area contributed by atoms with Crippen LogP contribution in [0.25, 0.3) is 86.3 Å². The number of benzene rings is 5. The van der Waals surface area contributed by atoms with Crippen LogP contribution in [0.1, 0.15) is 12.8 Å². The van der Waals surface area contributed by atoms with E-state index in [4.69, 9.17) is 0 Å². The highest BCUT2D eigenvalue weighted by molar-refractivity contribution is 7.25. The summed E-state index contributed by atoms with van der Waals surface area (Å²) in [7, 11) is 0.